The predicted octanol–water partition coefficient (Wildman–Crippen LogP) is 4.17. The highest BCUT2D eigenvalue weighted by molar-refractivity contribution is 5.73. The number of rotatable bonds is 12. The van der Waals surface area contributed by atoms with Gasteiger partial charge in [-0.3, -0.25) is 9.59 Å². The van der Waals surface area contributed by atoms with E-state index in [-0.39, 0.29) is 19.1 Å². The highest BCUT2D eigenvalue weighted by atomic mass is 16.7. The second kappa shape index (κ2) is 14.6. The van der Waals surface area contributed by atoms with Gasteiger partial charge in [-0.15, -0.1) is 0 Å². The standard InChI is InChI=1S/C31H35NO7/c1-22(33)32-28-30(37-20-26-16-10-5-11-17-26)29(36-19-25-14-8-4-9-15-25)27(39-31(28)38-23(2)34)21-35-18-24-12-6-3-7-13-24/h3-17,27-31H,18-21H2,1-2H3,(H,32,33)/t27-,28+,29-,30-,31+/m1/s1. The van der Waals surface area contributed by atoms with E-state index in [0.29, 0.717) is 13.2 Å². The molecule has 8 heteroatoms. The maximum Gasteiger partial charge on any atom is 0.305 e. The Bertz CT molecular complexity index is 1160. The SMILES string of the molecule is CC(=O)N[C@@H]1[C@@H](OC(C)=O)O[C@H](COCc2ccccc2)[C@@H](OCc2ccccc2)[C@@H]1OCc1ccccc1. The lowest BCUT2D eigenvalue weighted by atomic mass is 9.95. The summed E-state index contributed by atoms with van der Waals surface area (Å²) in [5, 5.41) is 2.87. The monoisotopic (exact) mass is 533 g/mol. The summed E-state index contributed by atoms with van der Waals surface area (Å²) in [4.78, 5) is 24.2. The van der Waals surface area contributed by atoms with E-state index in [2.05, 4.69) is 5.32 Å². The molecular formula is C31H35NO7. The molecule has 3 aromatic rings. The second-order valence-corrected chi connectivity index (χ2v) is 9.40. The maximum atomic E-state index is 12.2. The smallest absolute Gasteiger partial charge is 0.305 e. The molecule has 1 saturated heterocycles. The third-order valence-electron chi connectivity index (χ3n) is 6.26. The Morgan fingerprint density at radius 3 is 1.69 bits per heavy atom. The van der Waals surface area contributed by atoms with Gasteiger partial charge in [-0.05, 0) is 16.7 Å². The van der Waals surface area contributed by atoms with Crippen LogP contribution in [0, 0.1) is 0 Å². The van der Waals surface area contributed by atoms with Crippen LogP contribution < -0.4 is 5.32 Å². The van der Waals surface area contributed by atoms with Crippen LogP contribution in [-0.2, 0) is 53.1 Å². The Labute approximate surface area is 229 Å². The van der Waals surface area contributed by atoms with Crippen LogP contribution in [0.25, 0.3) is 0 Å². The van der Waals surface area contributed by atoms with Crippen LogP contribution in [0.15, 0.2) is 91.0 Å². The summed E-state index contributed by atoms with van der Waals surface area (Å²) in [5.74, 6) is -0.848. The summed E-state index contributed by atoms with van der Waals surface area (Å²) < 4.78 is 30.7. The third kappa shape index (κ3) is 8.73. The molecule has 4 rings (SSSR count). The average molecular weight is 534 g/mol. The minimum Gasteiger partial charge on any atom is -0.434 e. The molecule has 0 radical (unpaired) electrons. The quantitative estimate of drug-likeness (QED) is 0.350. The summed E-state index contributed by atoms with van der Waals surface area (Å²) in [6.45, 7) is 3.78. The fourth-order valence-corrected chi connectivity index (χ4v) is 4.49. The van der Waals surface area contributed by atoms with Crippen molar-refractivity contribution in [2.75, 3.05) is 6.61 Å². The summed E-state index contributed by atoms with van der Waals surface area (Å²) in [7, 11) is 0. The first-order chi connectivity index (χ1) is 19.0. The Morgan fingerprint density at radius 2 is 1.21 bits per heavy atom. The second-order valence-electron chi connectivity index (χ2n) is 9.40. The van der Waals surface area contributed by atoms with Gasteiger partial charge in [0.15, 0.2) is 0 Å². The molecule has 8 nitrogen and oxygen atoms in total. The average Bonchev–Trinajstić information content (AvgIpc) is 2.94. The van der Waals surface area contributed by atoms with Crippen LogP contribution in [0.3, 0.4) is 0 Å². The minimum atomic E-state index is -1.09. The molecule has 5 atom stereocenters. The van der Waals surface area contributed by atoms with E-state index in [4.69, 9.17) is 23.7 Å². The summed E-state index contributed by atoms with van der Waals surface area (Å²) in [6, 6.07) is 28.5. The van der Waals surface area contributed by atoms with Crippen LogP contribution in [0.2, 0.25) is 0 Å². The molecule has 0 aliphatic carbocycles. The first-order valence-electron chi connectivity index (χ1n) is 13.0. The molecule has 0 bridgehead atoms. The lowest BCUT2D eigenvalue weighted by Crippen LogP contribution is -2.66. The number of carbonyl (C=O) groups is 2. The van der Waals surface area contributed by atoms with Crippen LogP contribution in [-0.4, -0.2) is 49.1 Å². The van der Waals surface area contributed by atoms with Gasteiger partial charge in [0.25, 0.3) is 0 Å². The van der Waals surface area contributed by atoms with Crippen molar-refractivity contribution < 1.29 is 33.3 Å². The molecule has 0 saturated carbocycles. The van der Waals surface area contributed by atoms with Crippen LogP contribution in [0.4, 0.5) is 0 Å². The Morgan fingerprint density at radius 1 is 0.718 bits per heavy atom. The lowest BCUT2D eigenvalue weighted by Gasteiger charge is -2.45. The van der Waals surface area contributed by atoms with Crippen molar-refractivity contribution in [2.45, 2.75) is 64.3 Å². The summed E-state index contributed by atoms with van der Waals surface area (Å²) in [5.41, 5.74) is 2.94. The highest BCUT2D eigenvalue weighted by Gasteiger charge is 2.49. The van der Waals surface area contributed by atoms with Crippen molar-refractivity contribution >= 4 is 11.9 Å². The van der Waals surface area contributed by atoms with E-state index < -0.39 is 36.6 Å². The largest absolute Gasteiger partial charge is 0.434 e. The fraction of sp³-hybridized carbons (Fsp3) is 0.355. The molecule has 206 valence electrons. The number of benzene rings is 3. The van der Waals surface area contributed by atoms with Gasteiger partial charge >= 0.3 is 5.97 Å². The molecule has 1 fully saturated rings. The van der Waals surface area contributed by atoms with Gasteiger partial charge in [0.05, 0.1) is 26.4 Å². The molecular weight excluding hydrogens is 498 g/mol. The molecule has 1 heterocycles. The van der Waals surface area contributed by atoms with E-state index in [1.165, 1.54) is 13.8 Å². The van der Waals surface area contributed by atoms with Crippen molar-refractivity contribution in [1.82, 2.24) is 5.32 Å². The van der Waals surface area contributed by atoms with E-state index in [9.17, 15) is 9.59 Å². The number of hydrogen-bond acceptors (Lipinski definition) is 7. The minimum absolute atomic E-state index is 0.157. The van der Waals surface area contributed by atoms with E-state index in [1.54, 1.807) is 0 Å². The molecule has 1 amide bonds. The molecule has 0 aromatic heterocycles. The molecule has 1 aliphatic rings. The number of ether oxygens (including phenoxy) is 5. The van der Waals surface area contributed by atoms with Crippen LogP contribution in [0.1, 0.15) is 30.5 Å². The molecule has 3 aromatic carbocycles. The number of nitrogens with one attached hydrogen (secondary N) is 1. The molecule has 0 spiro atoms. The topological polar surface area (TPSA) is 92.3 Å². The zero-order valence-corrected chi connectivity index (χ0v) is 22.2. The van der Waals surface area contributed by atoms with Crippen molar-refractivity contribution in [2.24, 2.45) is 0 Å². The van der Waals surface area contributed by atoms with E-state index in [0.717, 1.165) is 16.7 Å². The highest BCUT2D eigenvalue weighted by Crippen LogP contribution is 2.29. The lowest BCUT2D eigenvalue weighted by molar-refractivity contribution is -0.283. The van der Waals surface area contributed by atoms with Gasteiger partial charge in [-0.2, -0.15) is 0 Å². The van der Waals surface area contributed by atoms with Gasteiger partial charge in [-0.1, -0.05) is 91.0 Å². The van der Waals surface area contributed by atoms with Gasteiger partial charge in [-0.25, -0.2) is 0 Å². The molecule has 39 heavy (non-hydrogen) atoms. The van der Waals surface area contributed by atoms with Gasteiger partial charge in [0.2, 0.25) is 12.2 Å². The van der Waals surface area contributed by atoms with E-state index >= 15 is 0 Å². The number of esters is 1. The van der Waals surface area contributed by atoms with Crippen LogP contribution >= 0.6 is 0 Å². The van der Waals surface area contributed by atoms with Crippen molar-refractivity contribution in [3.05, 3.63) is 108 Å². The summed E-state index contributed by atoms with van der Waals surface area (Å²) >= 11 is 0. The normalized spacial score (nSPS) is 22.7. The zero-order valence-electron chi connectivity index (χ0n) is 22.2. The van der Waals surface area contributed by atoms with Crippen molar-refractivity contribution in [1.29, 1.82) is 0 Å². The van der Waals surface area contributed by atoms with Crippen LogP contribution in [0.5, 0.6) is 0 Å². The summed E-state index contributed by atoms with van der Waals surface area (Å²) in [6.07, 6.45) is -3.09. The van der Waals surface area contributed by atoms with Gasteiger partial charge in [0.1, 0.15) is 24.4 Å². The van der Waals surface area contributed by atoms with Gasteiger partial charge < -0.3 is 29.0 Å². The molecule has 0 unspecified atom stereocenters. The Hall–Kier alpha value is -3.56. The zero-order chi connectivity index (χ0) is 27.5. The molecule has 1 aliphatic heterocycles. The first-order valence-corrected chi connectivity index (χ1v) is 13.0. The first kappa shape index (κ1) is 28.4. The number of carbonyl (C=O) groups excluding carboxylic acids is 2. The number of hydrogen-bond donors (Lipinski definition) is 1. The Kier molecular flexibility index (Phi) is 10.6. The van der Waals surface area contributed by atoms with Gasteiger partial charge in [0, 0.05) is 13.8 Å². The Balaban J connectivity index is 1.60. The maximum absolute atomic E-state index is 12.2. The predicted molar refractivity (Wildman–Crippen MR) is 144 cm³/mol. The fourth-order valence-electron chi connectivity index (χ4n) is 4.49. The molecule has 1 N–H and O–H groups in total. The third-order valence-corrected chi connectivity index (χ3v) is 6.26. The van der Waals surface area contributed by atoms with Crippen molar-refractivity contribution in [3.63, 3.8) is 0 Å². The number of amides is 1. The van der Waals surface area contributed by atoms with E-state index in [1.807, 2.05) is 91.0 Å². The van der Waals surface area contributed by atoms with Crippen molar-refractivity contribution in [3.8, 4) is 0 Å².